The monoisotopic (exact) mass is 733 g/mol. The number of allylic oxidation sites excluding steroid dienone is 1. The molecule has 49 heavy (non-hydrogen) atoms. The van der Waals surface area contributed by atoms with Gasteiger partial charge in [0.05, 0.1) is 25.1 Å². The van der Waals surface area contributed by atoms with Crippen molar-refractivity contribution in [3.05, 3.63) is 87.9 Å². The molecule has 0 aliphatic carbocycles. The summed E-state index contributed by atoms with van der Waals surface area (Å²) in [7, 11) is 0. The van der Waals surface area contributed by atoms with Gasteiger partial charge < -0.3 is 29.7 Å². The second-order valence-corrected chi connectivity index (χ2v) is 14.8. The van der Waals surface area contributed by atoms with Gasteiger partial charge in [-0.25, -0.2) is 0 Å². The minimum Gasteiger partial charge on any atom is -0.455 e. The first-order valence-corrected chi connectivity index (χ1v) is 17.8. The molecule has 3 amide bonds. The number of cyclic esters (lactones) is 1. The molecule has 4 aliphatic rings. The number of ether oxygens (including phenoxy) is 2. The summed E-state index contributed by atoms with van der Waals surface area (Å²) in [6.45, 7) is 7.73. The Labute approximate surface area is 295 Å². The van der Waals surface area contributed by atoms with Crippen LogP contribution < -0.4 is 10.2 Å². The summed E-state index contributed by atoms with van der Waals surface area (Å²) in [6.07, 6.45) is 4.92. The average molecular weight is 735 g/mol. The molecule has 7 atom stereocenters. The van der Waals surface area contributed by atoms with Gasteiger partial charge in [-0.05, 0) is 55.4 Å². The summed E-state index contributed by atoms with van der Waals surface area (Å²) >= 11 is 3.62. The van der Waals surface area contributed by atoms with E-state index in [0.717, 1.165) is 11.1 Å². The highest BCUT2D eigenvalue weighted by Gasteiger charge is 2.75. The summed E-state index contributed by atoms with van der Waals surface area (Å²) in [5.41, 5.74) is 1.66. The lowest BCUT2D eigenvalue weighted by atomic mass is 9.74. The molecule has 10 nitrogen and oxygen atoms in total. The van der Waals surface area contributed by atoms with Crippen molar-refractivity contribution in [3.63, 3.8) is 0 Å². The molecule has 2 N–H and O–H groups in total. The van der Waals surface area contributed by atoms with E-state index in [1.807, 2.05) is 88.4 Å². The fourth-order valence-corrected chi connectivity index (χ4v) is 8.75. The average Bonchev–Trinajstić information content (AvgIpc) is 3.67. The number of para-hydroxylation sites is 1. The van der Waals surface area contributed by atoms with Gasteiger partial charge in [-0.2, -0.15) is 0 Å². The number of aliphatic hydroxyl groups excluding tert-OH is 1. The number of anilines is 1. The number of aliphatic hydroxyl groups is 1. The Kier molecular flexibility index (Phi) is 10.2. The van der Waals surface area contributed by atoms with Crippen LogP contribution in [0.5, 0.6) is 0 Å². The number of benzene rings is 2. The number of amides is 3. The van der Waals surface area contributed by atoms with E-state index in [4.69, 9.17) is 9.47 Å². The normalized spacial score (nSPS) is 30.3. The van der Waals surface area contributed by atoms with E-state index in [0.29, 0.717) is 28.6 Å². The molecule has 2 aromatic carbocycles. The molecular weight excluding hydrogens is 690 g/mol. The number of carbonyl (C=O) groups is 4. The van der Waals surface area contributed by atoms with Crippen molar-refractivity contribution in [1.82, 2.24) is 10.2 Å². The molecule has 0 radical (unpaired) electrons. The Morgan fingerprint density at radius 3 is 2.39 bits per heavy atom. The number of carbonyl (C=O) groups excluding carboxylic acids is 4. The van der Waals surface area contributed by atoms with E-state index in [-0.39, 0.29) is 43.8 Å². The molecule has 11 heteroatoms. The molecule has 4 aliphatic heterocycles. The minimum atomic E-state index is -1.49. The van der Waals surface area contributed by atoms with Gasteiger partial charge in [0.25, 0.3) is 5.91 Å². The number of aryl methyl sites for hydroxylation is 2. The second-order valence-electron chi connectivity index (χ2n) is 13.9. The van der Waals surface area contributed by atoms with Gasteiger partial charge in [0, 0.05) is 23.1 Å². The van der Waals surface area contributed by atoms with Crippen LogP contribution in [0.3, 0.4) is 0 Å². The van der Waals surface area contributed by atoms with Crippen molar-refractivity contribution in [2.45, 2.75) is 76.9 Å². The lowest BCUT2D eigenvalue weighted by Gasteiger charge is -2.39. The fourth-order valence-electron chi connectivity index (χ4n) is 8.01. The van der Waals surface area contributed by atoms with Gasteiger partial charge in [-0.3, -0.25) is 19.2 Å². The third kappa shape index (κ3) is 6.37. The zero-order chi connectivity index (χ0) is 35.0. The highest BCUT2D eigenvalue weighted by molar-refractivity contribution is 9.11. The van der Waals surface area contributed by atoms with Crippen LogP contribution in [-0.4, -0.2) is 77.2 Å². The van der Waals surface area contributed by atoms with Crippen LogP contribution >= 0.6 is 15.9 Å². The van der Waals surface area contributed by atoms with Gasteiger partial charge >= 0.3 is 5.97 Å². The maximum absolute atomic E-state index is 15.3. The number of halogens is 1. The van der Waals surface area contributed by atoms with E-state index < -0.39 is 53.6 Å². The van der Waals surface area contributed by atoms with Gasteiger partial charge in [0.15, 0.2) is 0 Å². The Morgan fingerprint density at radius 2 is 1.71 bits per heavy atom. The Hall–Kier alpha value is -3.80. The van der Waals surface area contributed by atoms with E-state index in [9.17, 15) is 19.5 Å². The van der Waals surface area contributed by atoms with Gasteiger partial charge in [0.1, 0.15) is 29.8 Å². The largest absolute Gasteiger partial charge is 0.455 e. The molecule has 5 bridgehead atoms. The summed E-state index contributed by atoms with van der Waals surface area (Å²) in [6, 6.07) is 13.1. The SMILES string of the molecule is Cc1cccc(C)c1N1C/C=C\CCC(=O)NC[C@@H](c2ccccc2)OC(=O)[C@@H]2[C@H]3O[C@@]4(C=C3Br)[C@H](C1=O)N([C@@H](CO)CC(C)C)C(=O)[C@@H]24. The summed E-state index contributed by atoms with van der Waals surface area (Å²) < 4.78 is 13.4. The summed E-state index contributed by atoms with van der Waals surface area (Å²) in [4.78, 5) is 60.5. The number of hydrogen-bond donors (Lipinski definition) is 2. The first kappa shape index (κ1) is 35.0. The predicted molar refractivity (Wildman–Crippen MR) is 187 cm³/mol. The first-order valence-electron chi connectivity index (χ1n) is 17.0. The molecule has 0 unspecified atom stereocenters. The van der Waals surface area contributed by atoms with Crippen molar-refractivity contribution in [2.75, 3.05) is 24.6 Å². The number of rotatable bonds is 6. The standard InChI is InChI=1S/C38H44BrN3O7/c1-22(2)18-26(21-43)42-34-36(46)41(32-23(3)12-11-13-24(32)4)17-10-6-9-16-29(44)40-20-28(25-14-7-5-8-15-25)48-37(47)30-31(35(42)45)38(34)19-27(39)33(30)49-38/h5-8,10-15,19,22,26,28,30-31,33-34,43H,9,16-18,20-21H2,1-4H3,(H,40,44)/b10-6-/t26-,28+,30+,31-,33+,34+,38-/m1/s1. The number of fused-ring (bicyclic) bond motifs is 2. The molecule has 260 valence electrons. The number of hydrogen-bond acceptors (Lipinski definition) is 7. The maximum Gasteiger partial charge on any atom is 0.313 e. The summed E-state index contributed by atoms with van der Waals surface area (Å²) in [5.74, 6) is -3.71. The summed E-state index contributed by atoms with van der Waals surface area (Å²) in [5, 5.41) is 13.6. The number of nitrogens with zero attached hydrogens (tertiary/aromatic N) is 2. The van der Waals surface area contributed by atoms with Crippen LogP contribution in [0.15, 0.2) is 71.2 Å². The van der Waals surface area contributed by atoms with Gasteiger partial charge in [0.2, 0.25) is 11.8 Å². The first-order chi connectivity index (χ1) is 23.5. The Morgan fingerprint density at radius 1 is 1.00 bits per heavy atom. The third-order valence-corrected chi connectivity index (χ3v) is 10.8. The van der Waals surface area contributed by atoms with E-state index >= 15 is 4.79 Å². The van der Waals surface area contributed by atoms with E-state index in [1.54, 1.807) is 11.0 Å². The Bertz CT molecular complexity index is 1660. The number of likely N-dealkylation sites (tertiary alicyclic amines) is 1. The van der Waals surface area contributed by atoms with Crippen LogP contribution in [0, 0.1) is 31.6 Å². The van der Waals surface area contributed by atoms with Crippen LogP contribution in [-0.2, 0) is 28.7 Å². The molecule has 1 spiro atoms. The van der Waals surface area contributed by atoms with Crippen molar-refractivity contribution in [2.24, 2.45) is 17.8 Å². The molecule has 2 saturated heterocycles. The quantitative estimate of drug-likeness (QED) is 0.327. The molecule has 0 saturated carbocycles. The predicted octanol–water partition coefficient (Wildman–Crippen LogP) is 4.67. The zero-order valence-corrected chi connectivity index (χ0v) is 29.9. The lowest BCUT2D eigenvalue weighted by molar-refractivity contribution is -0.160. The van der Waals surface area contributed by atoms with Gasteiger partial charge in [-0.1, -0.05) is 90.5 Å². The molecular formula is C38H44BrN3O7. The molecule has 0 aromatic heterocycles. The van der Waals surface area contributed by atoms with Crippen molar-refractivity contribution in [1.29, 1.82) is 0 Å². The molecule has 4 heterocycles. The smallest absolute Gasteiger partial charge is 0.313 e. The second kappa shape index (κ2) is 14.2. The topological polar surface area (TPSA) is 125 Å². The van der Waals surface area contributed by atoms with Crippen molar-refractivity contribution < 1.29 is 33.8 Å². The number of nitrogens with one attached hydrogen (secondary N) is 1. The maximum atomic E-state index is 15.3. The highest BCUT2D eigenvalue weighted by atomic mass is 79.9. The lowest BCUT2D eigenvalue weighted by Crippen LogP contribution is -2.59. The molecule has 6 rings (SSSR count). The third-order valence-electron chi connectivity index (χ3n) is 10.1. The zero-order valence-electron chi connectivity index (χ0n) is 28.3. The minimum absolute atomic E-state index is 0.0475. The van der Waals surface area contributed by atoms with E-state index in [1.165, 1.54) is 4.90 Å². The molecule has 2 fully saturated rings. The van der Waals surface area contributed by atoms with Gasteiger partial charge in [-0.15, -0.1) is 0 Å². The Balaban J connectivity index is 1.51. The molecule has 2 aromatic rings. The van der Waals surface area contributed by atoms with E-state index in [2.05, 4.69) is 21.2 Å². The van der Waals surface area contributed by atoms with Crippen molar-refractivity contribution in [3.8, 4) is 0 Å². The fraction of sp³-hybridized carbons (Fsp3) is 0.474. The van der Waals surface area contributed by atoms with Crippen LogP contribution in [0.2, 0.25) is 0 Å². The van der Waals surface area contributed by atoms with Crippen LogP contribution in [0.1, 0.15) is 55.9 Å². The van der Waals surface area contributed by atoms with Crippen LogP contribution in [0.4, 0.5) is 5.69 Å². The van der Waals surface area contributed by atoms with Crippen molar-refractivity contribution >= 4 is 45.3 Å². The number of esters is 1. The highest BCUT2D eigenvalue weighted by Crippen LogP contribution is 2.59. The van der Waals surface area contributed by atoms with Crippen LogP contribution in [0.25, 0.3) is 0 Å².